The Bertz CT molecular complexity index is 972. The van der Waals surface area contributed by atoms with E-state index in [1.54, 1.807) is 24.3 Å². The van der Waals surface area contributed by atoms with Crippen molar-refractivity contribution in [1.82, 2.24) is 9.78 Å². The molecule has 0 aliphatic carbocycles. The normalized spacial score (nSPS) is 11.0. The number of nitrogens with zero attached hydrogens (tertiary/aromatic N) is 2. The van der Waals surface area contributed by atoms with Crippen molar-refractivity contribution in [3.8, 4) is 0 Å². The summed E-state index contributed by atoms with van der Waals surface area (Å²) in [6, 6.07) is 14.7. The predicted molar refractivity (Wildman–Crippen MR) is 100 cm³/mol. The zero-order valence-corrected chi connectivity index (χ0v) is 14.6. The number of hydrogen-bond acceptors (Lipinski definition) is 3. The van der Waals surface area contributed by atoms with E-state index in [-0.39, 0.29) is 23.2 Å². The average Bonchev–Trinajstić information content (AvgIpc) is 2.62. The molecule has 1 N–H and O–H groups in total. The molecule has 5 heteroatoms. The lowest BCUT2D eigenvalue weighted by Gasteiger charge is -2.13. The Labute approximate surface area is 146 Å². The van der Waals surface area contributed by atoms with Crippen LogP contribution in [0.5, 0.6) is 0 Å². The van der Waals surface area contributed by atoms with Crippen LogP contribution < -0.4 is 10.9 Å². The van der Waals surface area contributed by atoms with E-state index in [2.05, 4.69) is 17.3 Å². The van der Waals surface area contributed by atoms with Crippen LogP contribution in [0.25, 0.3) is 10.8 Å². The van der Waals surface area contributed by atoms with Gasteiger partial charge in [0.1, 0.15) is 0 Å². The van der Waals surface area contributed by atoms with E-state index in [0.29, 0.717) is 16.5 Å². The summed E-state index contributed by atoms with van der Waals surface area (Å²) in [4.78, 5) is 25.3. The zero-order chi connectivity index (χ0) is 18.0. The fourth-order valence-electron chi connectivity index (χ4n) is 2.74. The van der Waals surface area contributed by atoms with Gasteiger partial charge in [0, 0.05) is 11.1 Å². The second kappa shape index (κ2) is 6.89. The number of rotatable bonds is 4. The van der Waals surface area contributed by atoms with E-state index in [1.807, 2.05) is 38.1 Å². The molecule has 1 aromatic heterocycles. The topological polar surface area (TPSA) is 64.0 Å². The number of anilines is 1. The lowest BCUT2D eigenvalue weighted by atomic mass is 10.1. The van der Waals surface area contributed by atoms with Gasteiger partial charge in [0.15, 0.2) is 5.69 Å². The third-order valence-electron chi connectivity index (χ3n) is 4.15. The van der Waals surface area contributed by atoms with Crippen molar-refractivity contribution in [3.63, 3.8) is 0 Å². The number of amides is 1. The van der Waals surface area contributed by atoms with E-state index in [1.165, 1.54) is 10.2 Å². The maximum Gasteiger partial charge on any atom is 0.276 e. The van der Waals surface area contributed by atoms with Crippen LogP contribution in [-0.4, -0.2) is 15.7 Å². The second-order valence-electron chi connectivity index (χ2n) is 6.24. The quantitative estimate of drug-likeness (QED) is 0.789. The molecule has 0 spiro atoms. The third kappa shape index (κ3) is 3.31. The van der Waals surface area contributed by atoms with Crippen molar-refractivity contribution >= 4 is 22.4 Å². The van der Waals surface area contributed by atoms with E-state index in [9.17, 15) is 9.59 Å². The highest BCUT2D eigenvalue weighted by Crippen LogP contribution is 2.17. The summed E-state index contributed by atoms with van der Waals surface area (Å²) in [7, 11) is 0. The fourth-order valence-corrected chi connectivity index (χ4v) is 2.74. The average molecular weight is 335 g/mol. The summed E-state index contributed by atoms with van der Waals surface area (Å²) in [5.74, 6) is -0.324. The number of carbonyl (C=O) groups excluding carboxylic acids is 1. The predicted octanol–water partition coefficient (Wildman–Crippen LogP) is 3.79. The molecule has 0 bridgehead atoms. The van der Waals surface area contributed by atoms with Crippen LogP contribution in [-0.2, 0) is 6.42 Å². The van der Waals surface area contributed by atoms with Crippen LogP contribution in [0.2, 0.25) is 0 Å². The van der Waals surface area contributed by atoms with Crippen LogP contribution in [0.3, 0.4) is 0 Å². The van der Waals surface area contributed by atoms with Gasteiger partial charge in [0.25, 0.3) is 11.5 Å². The molecule has 0 saturated heterocycles. The van der Waals surface area contributed by atoms with Gasteiger partial charge in [-0.15, -0.1) is 0 Å². The van der Waals surface area contributed by atoms with Crippen molar-refractivity contribution in [3.05, 3.63) is 70.1 Å². The number of carbonyl (C=O) groups is 1. The molecule has 0 aliphatic rings. The van der Waals surface area contributed by atoms with Gasteiger partial charge >= 0.3 is 0 Å². The molecular formula is C20H21N3O2. The van der Waals surface area contributed by atoms with Crippen molar-refractivity contribution in [2.75, 3.05) is 5.32 Å². The molecule has 1 heterocycles. The van der Waals surface area contributed by atoms with E-state index in [0.717, 1.165) is 6.42 Å². The summed E-state index contributed by atoms with van der Waals surface area (Å²) in [6.07, 6.45) is 0.944. The van der Waals surface area contributed by atoms with E-state index >= 15 is 0 Å². The number of aromatic nitrogens is 2. The molecule has 0 unspecified atom stereocenters. The van der Waals surface area contributed by atoms with Gasteiger partial charge in [0.2, 0.25) is 0 Å². The number of hydrogen-bond donors (Lipinski definition) is 1. The second-order valence-corrected chi connectivity index (χ2v) is 6.24. The van der Waals surface area contributed by atoms with Crippen LogP contribution >= 0.6 is 0 Å². The van der Waals surface area contributed by atoms with Gasteiger partial charge in [-0.2, -0.15) is 5.10 Å². The van der Waals surface area contributed by atoms with Gasteiger partial charge < -0.3 is 5.32 Å². The molecule has 0 atom stereocenters. The fraction of sp³-hybridized carbons (Fsp3) is 0.250. The Morgan fingerprint density at radius 1 is 1.08 bits per heavy atom. The van der Waals surface area contributed by atoms with Crippen molar-refractivity contribution in [2.45, 2.75) is 33.2 Å². The molecular weight excluding hydrogens is 314 g/mol. The van der Waals surface area contributed by atoms with Crippen molar-refractivity contribution < 1.29 is 4.79 Å². The summed E-state index contributed by atoms with van der Waals surface area (Å²) in [5, 5.41) is 8.25. The number of fused-ring (bicyclic) bond motifs is 1. The lowest BCUT2D eigenvalue weighted by Crippen LogP contribution is -2.28. The van der Waals surface area contributed by atoms with Crippen LogP contribution in [0.1, 0.15) is 42.9 Å². The van der Waals surface area contributed by atoms with Crippen LogP contribution in [0, 0.1) is 0 Å². The van der Waals surface area contributed by atoms with Gasteiger partial charge in [-0.25, -0.2) is 4.68 Å². The zero-order valence-electron chi connectivity index (χ0n) is 14.6. The summed E-state index contributed by atoms with van der Waals surface area (Å²) in [5.41, 5.74) is 1.98. The SMILES string of the molecule is CCc1ccc(NC(=O)c2nn(C(C)C)c(=O)c3ccccc23)cc1. The molecule has 3 rings (SSSR count). The largest absolute Gasteiger partial charge is 0.321 e. The van der Waals surface area contributed by atoms with Crippen LogP contribution in [0.15, 0.2) is 53.3 Å². The molecule has 25 heavy (non-hydrogen) atoms. The number of nitrogens with one attached hydrogen (secondary N) is 1. The standard InChI is InChI=1S/C20H21N3O2/c1-4-14-9-11-15(12-10-14)21-19(24)18-16-7-5-6-8-17(16)20(25)23(22-18)13(2)3/h5-13H,4H2,1-3H3,(H,21,24). The first-order valence-corrected chi connectivity index (χ1v) is 8.43. The Morgan fingerprint density at radius 2 is 1.72 bits per heavy atom. The smallest absolute Gasteiger partial charge is 0.276 e. The minimum absolute atomic E-state index is 0.132. The summed E-state index contributed by atoms with van der Waals surface area (Å²) < 4.78 is 1.36. The highest BCUT2D eigenvalue weighted by molar-refractivity contribution is 6.11. The van der Waals surface area contributed by atoms with Gasteiger partial charge in [-0.05, 0) is 44.0 Å². The molecule has 128 valence electrons. The summed E-state index contributed by atoms with van der Waals surface area (Å²) >= 11 is 0. The first-order chi connectivity index (χ1) is 12.0. The Kier molecular flexibility index (Phi) is 4.65. The molecule has 3 aromatic rings. The third-order valence-corrected chi connectivity index (χ3v) is 4.15. The van der Waals surface area contributed by atoms with Crippen molar-refractivity contribution in [1.29, 1.82) is 0 Å². The molecule has 2 aromatic carbocycles. The maximum atomic E-state index is 12.8. The van der Waals surface area contributed by atoms with Crippen molar-refractivity contribution in [2.24, 2.45) is 0 Å². The highest BCUT2D eigenvalue weighted by Gasteiger charge is 2.17. The van der Waals surface area contributed by atoms with Crippen LogP contribution in [0.4, 0.5) is 5.69 Å². The molecule has 5 nitrogen and oxygen atoms in total. The van der Waals surface area contributed by atoms with E-state index in [4.69, 9.17) is 0 Å². The molecule has 0 fully saturated rings. The Hall–Kier alpha value is -2.95. The minimum Gasteiger partial charge on any atom is -0.321 e. The Morgan fingerprint density at radius 3 is 2.32 bits per heavy atom. The molecule has 1 amide bonds. The lowest BCUT2D eigenvalue weighted by molar-refractivity contribution is 0.102. The minimum atomic E-state index is -0.324. The van der Waals surface area contributed by atoms with E-state index < -0.39 is 0 Å². The number of aryl methyl sites for hydroxylation is 1. The summed E-state index contributed by atoms with van der Waals surface area (Å²) in [6.45, 7) is 5.82. The molecule has 0 saturated carbocycles. The number of benzene rings is 2. The van der Waals surface area contributed by atoms with Gasteiger partial charge in [-0.1, -0.05) is 37.3 Å². The first kappa shape index (κ1) is 16.9. The van der Waals surface area contributed by atoms with Gasteiger partial charge in [-0.3, -0.25) is 9.59 Å². The van der Waals surface area contributed by atoms with Gasteiger partial charge in [0.05, 0.1) is 11.4 Å². The molecule has 0 aliphatic heterocycles. The maximum absolute atomic E-state index is 12.8. The Balaban J connectivity index is 2.05. The molecule has 0 radical (unpaired) electrons. The first-order valence-electron chi connectivity index (χ1n) is 8.43. The monoisotopic (exact) mass is 335 g/mol. The highest BCUT2D eigenvalue weighted by atomic mass is 16.2.